The first-order valence-electron chi connectivity index (χ1n) is 9.30. The summed E-state index contributed by atoms with van der Waals surface area (Å²) in [5.41, 5.74) is 0.671. The van der Waals surface area contributed by atoms with Crippen molar-refractivity contribution >= 4 is 35.8 Å². The van der Waals surface area contributed by atoms with Crippen molar-refractivity contribution in [2.24, 2.45) is 4.99 Å². The fourth-order valence-electron chi connectivity index (χ4n) is 3.36. The van der Waals surface area contributed by atoms with Gasteiger partial charge in [-0.15, -0.1) is 24.0 Å². The van der Waals surface area contributed by atoms with E-state index in [0.29, 0.717) is 25.3 Å². The van der Waals surface area contributed by atoms with E-state index >= 15 is 0 Å². The molecular weight excluding hydrogens is 459 g/mol. The number of benzene rings is 1. The van der Waals surface area contributed by atoms with E-state index in [1.807, 2.05) is 18.2 Å². The standard InChI is InChI=1S/C19H28N4O3.HI/c1-20-19(22-10-9-21-18(24)15-6-3-2-4-7-15)23-11-13-26-17(14-23)16-8-5-12-25-16;/h2-4,6-7,16-17H,5,8-14H2,1H3,(H,20,22)(H,21,24);1H. The highest BCUT2D eigenvalue weighted by Crippen LogP contribution is 2.20. The van der Waals surface area contributed by atoms with Gasteiger partial charge >= 0.3 is 0 Å². The number of aliphatic imine (C=N–C) groups is 1. The van der Waals surface area contributed by atoms with Crippen molar-refractivity contribution in [2.45, 2.75) is 25.0 Å². The van der Waals surface area contributed by atoms with Gasteiger partial charge in [0, 0.05) is 45.4 Å². The van der Waals surface area contributed by atoms with Gasteiger partial charge in [-0.3, -0.25) is 9.79 Å². The van der Waals surface area contributed by atoms with Crippen LogP contribution in [0.2, 0.25) is 0 Å². The molecule has 8 heteroatoms. The number of morpholine rings is 1. The van der Waals surface area contributed by atoms with Crippen LogP contribution in [0.5, 0.6) is 0 Å². The number of carbonyl (C=O) groups excluding carboxylic acids is 1. The molecule has 0 bridgehead atoms. The lowest BCUT2D eigenvalue weighted by Crippen LogP contribution is -2.54. The van der Waals surface area contributed by atoms with Crippen LogP contribution in [0.3, 0.4) is 0 Å². The number of hydrogen-bond acceptors (Lipinski definition) is 4. The Kier molecular flexibility index (Phi) is 9.29. The molecular formula is C19H29IN4O3. The lowest BCUT2D eigenvalue weighted by Gasteiger charge is -2.37. The second kappa shape index (κ2) is 11.5. The summed E-state index contributed by atoms with van der Waals surface area (Å²) in [5.74, 6) is 0.775. The molecule has 27 heavy (non-hydrogen) atoms. The quantitative estimate of drug-likeness (QED) is 0.285. The van der Waals surface area contributed by atoms with E-state index in [1.54, 1.807) is 19.2 Å². The average molecular weight is 488 g/mol. The second-order valence-corrected chi connectivity index (χ2v) is 6.50. The first-order valence-corrected chi connectivity index (χ1v) is 9.30. The first kappa shape index (κ1) is 21.9. The Morgan fingerprint density at radius 2 is 1.89 bits per heavy atom. The largest absolute Gasteiger partial charge is 0.375 e. The zero-order valence-electron chi connectivity index (χ0n) is 15.7. The number of amides is 1. The van der Waals surface area contributed by atoms with E-state index in [9.17, 15) is 4.79 Å². The lowest BCUT2D eigenvalue weighted by atomic mass is 10.1. The number of guanidine groups is 1. The van der Waals surface area contributed by atoms with Crippen LogP contribution in [0.4, 0.5) is 0 Å². The van der Waals surface area contributed by atoms with Crippen LogP contribution >= 0.6 is 24.0 Å². The molecule has 2 saturated heterocycles. The molecule has 1 aromatic rings. The minimum atomic E-state index is -0.0628. The fraction of sp³-hybridized carbons (Fsp3) is 0.579. The van der Waals surface area contributed by atoms with Gasteiger partial charge < -0.3 is 25.0 Å². The Morgan fingerprint density at radius 3 is 2.59 bits per heavy atom. The third-order valence-electron chi connectivity index (χ3n) is 4.71. The van der Waals surface area contributed by atoms with E-state index < -0.39 is 0 Å². The summed E-state index contributed by atoms with van der Waals surface area (Å²) in [6, 6.07) is 9.23. The summed E-state index contributed by atoms with van der Waals surface area (Å²) >= 11 is 0. The summed E-state index contributed by atoms with van der Waals surface area (Å²) < 4.78 is 11.6. The maximum Gasteiger partial charge on any atom is 0.251 e. The number of ether oxygens (including phenoxy) is 2. The van der Waals surface area contributed by atoms with Gasteiger partial charge in [-0.25, -0.2) is 0 Å². The van der Waals surface area contributed by atoms with Crippen molar-refractivity contribution in [1.82, 2.24) is 15.5 Å². The fourth-order valence-corrected chi connectivity index (χ4v) is 3.36. The third kappa shape index (κ3) is 6.32. The van der Waals surface area contributed by atoms with Gasteiger partial charge in [0.1, 0.15) is 6.10 Å². The smallest absolute Gasteiger partial charge is 0.251 e. The van der Waals surface area contributed by atoms with Crippen LogP contribution in [-0.2, 0) is 9.47 Å². The molecule has 0 aromatic heterocycles. The predicted octanol–water partition coefficient (Wildman–Crippen LogP) is 1.49. The van der Waals surface area contributed by atoms with Gasteiger partial charge in [0.2, 0.25) is 0 Å². The van der Waals surface area contributed by atoms with Crippen molar-refractivity contribution in [3.8, 4) is 0 Å². The van der Waals surface area contributed by atoms with Crippen LogP contribution in [0.25, 0.3) is 0 Å². The van der Waals surface area contributed by atoms with Crippen molar-refractivity contribution in [1.29, 1.82) is 0 Å². The molecule has 2 aliphatic heterocycles. The first-order chi connectivity index (χ1) is 12.8. The van der Waals surface area contributed by atoms with E-state index in [2.05, 4.69) is 20.5 Å². The summed E-state index contributed by atoms with van der Waals surface area (Å²) in [6.45, 7) is 4.24. The molecule has 2 N–H and O–H groups in total. The van der Waals surface area contributed by atoms with Gasteiger partial charge in [0.15, 0.2) is 5.96 Å². The number of nitrogens with zero attached hydrogens (tertiary/aromatic N) is 2. The molecule has 2 heterocycles. The van der Waals surface area contributed by atoms with E-state index in [0.717, 1.165) is 38.5 Å². The van der Waals surface area contributed by atoms with E-state index in [4.69, 9.17) is 9.47 Å². The molecule has 150 valence electrons. The predicted molar refractivity (Wildman–Crippen MR) is 116 cm³/mol. The molecule has 0 saturated carbocycles. The Labute approximate surface area is 177 Å². The summed E-state index contributed by atoms with van der Waals surface area (Å²) in [5, 5.41) is 6.24. The van der Waals surface area contributed by atoms with Crippen LogP contribution < -0.4 is 10.6 Å². The third-order valence-corrected chi connectivity index (χ3v) is 4.71. The number of rotatable bonds is 5. The maximum absolute atomic E-state index is 12.0. The van der Waals surface area contributed by atoms with Crippen molar-refractivity contribution in [3.63, 3.8) is 0 Å². The van der Waals surface area contributed by atoms with Crippen LogP contribution in [0, 0.1) is 0 Å². The zero-order chi connectivity index (χ0) is 18.2. The summed E-state index contributed by atoms with van der Waals surface area (Å²) in [7, 11) is 1.78. The normalized spacial score (nSPS) is 22.9. The van der Waals surface area contributed by atoms with Gasteiger partial charge in [-0.2, -0.15) is 0 Å². The average Bonchev–Trinajstić information content (AvgIpc) is 3.23. The molecule has 2 atom stereocenters. The van der Waals surface area contributed by atoms with Gasteiger partial charge in [0.25, 0.3) is 5.91 Å². The molecule has 7 nitrogen and oxygen atoms in total. The molecule has 0 radical (unpaired) electrons. The van der Waals surface area contributed by atoms with Crippen LogP contribution in [0.1, 0.15) is 23.2 Å². The molecule has 3 rings (SSSR count). The Balaban J connectivity index is 0.00000261. The van der Waals surface area contributed by atoms with Crippen LogP contribution in [-0.4, -0.2) is 75.4 Å². The molecule has 0 aliphatic carbocycles. The highest BCUT2D eigenvalue weighted by Gasteiger charge is 2.32. The Bertz CT molecular complexity index is 608. The lowest BCUT2D eigenvalue weighted by molar-refractivity contribution is -0.0816. The monoisotopic (exact) mass is 488 g/mol. The summed E-state index contributed by atoms with van der Waals surface area (Å²) in [6.07, 6.45) is 2.47. The van der Waals surface area contributed by atoms with Crippen LogP contribution in [0.15, 0.2) is 35.3 Å². The molecule has 2 unspecified atom stereocenters. The molecule has 2 aliphatic rings. The van der Waals surface area contributed by atoms with Gasteiger partial charge in [-0.1, -0.05) is 18.2 Å². The Hall–Kier alpha value is -1.39. The highest BCUT2D eigenvalue weighted by atomic mass is 127. The van der Waals surface area contributed by atoms with E-state index in [-0.39, 0.29) is 42.1 Å². The van der Waals surface area contributed by atoms with Crippen molar-refractivity contribution in [3.05, 3.63) is 35.9 Å². The minimum absolute atomic E-state index is 0. The summed E-state index contributed by atoms with van der Waals surface area (Å²) in [4.78, 5) is 18.6. The van der Waals surface area contributed by atoms with Crippen molar-refractivity contribution in [2.75, 3.05) is 46.4 Å². The van der Waals surface area contributed by atoms with Gasteiger partial charge in [-0.05, 0) is 25.0 Å². The minimum Gasteiger partial charge on any atom is -0.375 e. The number of halogens is 1. The molecule has 2 fully saturated rings. The molecule has 1 amide bonds. The molecule has 1 aromatic carbocycles. The number of carbonyl (C=O) groups is 1. The number of nitrogens with one attached hydrogen (secondary N) is 2. The highest BCUT2D eigenvalue weighted by molar-refractivity contribution is 14.0. The topological polar surface area (TPSA) is 75.2 Å². The second-order valence-electron chi connectivity index (χ2n) is 6.50. The zero-order valence-corrected chi connectivity index (χ0v) is 18.1. The SMILES string of the molecule is CN=C(NCCNC(=O)c1ccccc1)N1CCOC(C2CCCO2)C1.I. The van der Waals surface area contributed by atoms with Gasteiger partial charge in [0.05, 0.1) is 12.7 Å². The molecule has 0 spiro atoms. The number of hydrogen-bond donors (Lipinski definition) is 2. The Morgan fingerprint density at radius 1 is 1.15 bits per heavy atom. The van der Waals surface area contributed by atoms with E-state index in [1.165, 1.54) is 0 Å². The van der Waals surface area contributed by atoms with Crippen molar-refractivity contribution < 1.29 is 14.3 Å². The maximum atomic E-state index is 12.0.